The van der Waals surface area contributed by atoms with Gasteiger partial charge in [-0.3, -0.25) is 0 Å². The molecule has 0 saturated heterocycles. The molecule has 0 aliphatic rings. The number of halogens is 1. The van der Waals surface area contributed by atoms with E-state index >= 15 is 0 Å². The third kappa shape index (κ3) is 3.98. The maximum atomic E-state index is 12.3. The van der Waals surface area contributed by atoms with Crippen molar-refractivity contribution in [3.05, 3.63) is 52.5 Å². The molecule has 0 aromatic heterocycles. The van der Waals surface area contributed by atoms with Gasteiger partial charge in [-0.2, -0.15) is 8.42 Å². The summed E-state index contributed by atoms with van der Waals surface area (Å²) in [6.07, 6.45) is 0. The van der Waals surface area contributed by atoms with Gasteiger partial charge in [0.15, 0.2) is 0 Å². The van der Waals surface area contributed by atoms with E-state index in [4.69, 9.17) is 8.92 Å². The Hall–Kier alpha value is -1.53. The highest BCUT2D eigenvalue weighted by Crippen LogP contribution is 2.27. The Morgan fingerprint density at radius 3 is 2.24 bits per heavy atom. The van der Waals surface area contributed by atoms with Crippen LogP contribution in [0.3, 0.4) is 0 Å². The average molecular weight is 371 g/mol. The van der Waals surface area contributed by atoms with E-state index in [2.05, 4.69) is 15.9 Å². The van der Waals surface area contributed by atoms with E-state index in [0.717, 1.165) is 5.56 Å². The summed E-state index contributed by atoms with van der Waals surface area (Å²) in [7, 11) is -3.87. The summed E-state index contributed by atoms with van der Waals surface area (Å²) in [6.45, 7) is 4.31. The van der Waals surface area contributed by atoms with Gasteiger partial charge in [-0.1, -0.05) is 6.07 Å². The summed E-state index contributed by atoms with van der Waals surface area (Å²) in [5.74, 6) is 0.907. The monoisotopic (exact) mass is 370 g/mol. The lowest BCUT2D eigenvalue weighted by Gasteiger charge is -2.10. The van der Waals surface area contributed by atoms with Crippen molar-refractivity contribution >= 4 is 26.0 Å². The van der Waals surface area contributed by atoms with Gasteiger partial charge in [0.25, 0.3) is 0 Å². The number of benzene rings is 2. The van der Waals surface area contributed by atoms with Crippen molar-refractivity contribution in [3.8, 4) is 11.5 Å². The third-order valence-corrected chi connectivity index (χ3v) is 4.92. The standard InChI is InChI=1S/C15H15BrO4S/c1-3-19-12-5-7-13(8-6-12)20-21(17,18)15-9-4-11(2)10-14(15)16/h4-10H,3H2,1-2H3. The van der Waals surface area contributed by atoms with Crippen LogP contribution in [0, 0.1) is 6.92 Å². The van der Waals surface area contributed by atoms with Gasteiger partial charge in [-0.15, -0.1) is 0 Å². The molecule has 4 nitrogen and oxygen atoms in total. The molecule has 2 rings (SSSR count). The summed E-state index contributed by atoms with van der Waals surface area (Å²) in [5.41, 5.74) is 0.960. The highest BCUT2D eigenvalue weighted by Gasteiger charge is 2.20. The molecule has 0 heterocycles. The van der Waals surface area contributed by atoms with Crippen molar-refractivity contribution in [1.82, 2.24) is 0 Å². The summed E-state index contributed by atoms with van der Waals surface area (Å²) < 4.78 is 35.4. The van der Waals surface area contributed by atoms with Crippen LogP contribution < -0.4 is 8.92 Å². The van der Waals surface area contributed by atoms with Gasteiger partial charge in [0, 0.05) is 4.47 Å². The van der Waals surface area contributed by atoms with Crippen LogP contribution in [0.5, 0.6) is 11.5 Å². The lowest BCUT2D eigenvalue weighted by molar-refractivity contribution is 0.340. The highest BCUT2D eigenvalue weighted by atomic mass is 79.9. The topological polar surface area (TPSA) is 52.6 Å². The predicted molar refractivity (Wildman–Crippen MR) is 84.3 cm³/mol. The maximum absolute atomic E-state index is 12.3. The Morgan fingerprint density at radius 1 is 1.05 bits per heavy atom. The van der Waals surface area contributed by atoms with Crippen molar-refractivity contribution in [2.24, 2.45) is 0 Å². The molecule has 0 fully saturated rings. The Morgan fingerprint density at radius 2 is 1.67 bits per heavy atom. The molecule has 0 amide bonds. The number of hydrogen-bond acceptors (Lipinski definition) is 4. The first kappa shape index (κ1) is 15.9. The molecular formula is C15H15BrO4S. The molecule has 2 aromatic rings. The van der Waals surface area contributed by atoms with Gasteiger partial charge < -0.3 is 8.92 Å². The van der Waals surface area contributed by atoms with Crippen LogP contribution in [0.2, 0.25) is 0 Å². The summed E-state index contributed by atoms with van der Waals surface area (Å²) >= 11 is 3.25. The van der Waals surface area contributed by atoms with E-state index in [1.54, 1.807) is 36.4 Å². The first-order valence-corrected chi connectivity index (χ1v) is 8.56. The van der Waals surface area contributed by atoms with Crippen LogP contribution >= 0.6 is 15.9 Å². The zero-order valence-electron chi connectivity index (χ0n) is 11.7. The molecule has 0 aliphatic carbocycles. The van der Waals surface area contributed by atoms with Crippen molar-refractivity contribution in [3.63, 3.8) is 0 Å². The Balaban J connectivity index is 2.24. The van der Waals surface area contributed by atoms with Gasteiger partial charge >= 0.3 is 10.1 Å². The van der Waals surface area contributed by atoms with Gasteiger partial charge in [0.05, 0.1) is 6.61 Å². The number of hydrogen-bond donors (Lipinski definition) is 0. The second-order valence-corrected chi connectivity index (χ2v) is 6.74. The fraction of sp³-hybridized carbons (Fsp3) is 0.200. The Labute approximate surface area is 133 Å². The van der Waals surface area contributed by atoms with Crippen molar-refractivity contribution < 1.29 is 17.3 Å². The van der Waals surface area contributed by atoms with E-state index < -0.39 is 10.1 Å². The Kier molecular flexibility index (Phi) is 4.90. The summed E-state index contributed by atoms with van der Waals surface area (Å²) in [6, 6.07) is 11.4. The molecular weight excluding hydrogens is 356 g/mol. The fourth-order valence-electron chi connectivity index (χ4n) is 1.74. The number of rotatable bonds is 5. The van der Waals surface area contributed by atoms with E-state index in [0.29, 0.717) is 16.8 Å². The molecule has 0 bridgehead atoms. The van der Waals surface area contributed by atoms with Crippen molar-refractivity contribution in [1.29, 1.82) is 0 Å². The second kappa shape index (κ2) is 6.49. The zero-order valence-corrected chi connectivity index (χ0v) is 14.1. The van der Waals surface area contributed by atoms with E-state index in [1.807, 2.05) is 13.8 Å². The smallest absolute Gasteiger partial charge is 0.340 e. The van der Waals surface area contributed by atoms with Gasteiger partial charge in [-0.25, -0.2) is 0 Å². The normalized spacial score (nSPS) is 11.2. The number of ether oxygens (including phenoxy) is 1. The number of aryl methyl sites for hydroxylation is 1. The van der Waals surface area contributed by atoms with Crippen LogP contribution in [0.15, 0.2) is 51.8 Å². The summed E-state index contributed by atoms with van der Waals surface area (Å²) in [5, 5.41) is 0. The first-order chi connectivity index (χ1) is 9.92. The maximum Gasteiger partial charge on any atom is 0.340 e. The molecule has 0 unspecified atom stereocenters. The zero-order chi connectivity index (χ0) is 15.5. The molecule has 0 spiro atoms. The Bertz CT molecular complexity index is 724. The van der Waals surface area contributed by atoms with Gasteiger partial charge in [-0.05, 0) is 71.7 Å². The quantitative estimate of drug-likeness (QED) is 0.748. The summed E-state index contributed by atoms with van der Waals surface area (Å²) in [4.78, 5) is 0.0991. The largest absolute Gasteiger partial charge is 0.494 e. The lowest BCUT2D eigenvalue weighted by atomic mass is 10.2. The van der Waals surface area contributed by atoms with Gasteiger partial charge in [0.2, 0.25) is 0 Å². The van der Waals surface area contributed by atoms with E-state index in [9.17, 15) is 8.42 Å². The lowest BCUT2D eigenvalue weighted by Crippen LogP contribution is -2.10. The molecule has 6 heteroatoms. The van der Waals surface area contributed by atoms with Crippen molar-refractivity contribution in [2.45, 2.75) is 18.7 Å². The van der Waals surface area contributed by atoms with E-state index in [-0.39, 0.29) is 10.6 Å². The minimum Gasteiger partial charge on any atom is -0.494 e. The minimum atomic E-state index is -3.87. The van der Waals surface area contributed by atoms with Gasteiger partial charge in [0.1, 0.15) is 16.4 Å². The second-order valence-electron chi connectivity index (χ2n) is 4.38. The molecule has 21 heavy (non-hydrogen) atoms. The molecule has 0 saturated carbocycles. The third-order valence-electron chi connectivity index (χ3n) is 2.70. The van der Waals surface area contributed by atoms with Crippen LogP contribution in [-0.2, 0) is 10.1 Å². The molecule has 0 N–H and O–H groups in total. The average Bonchev–Trinajstić information content (AvgIpc) is 2.40. The highest BCUT2D eigenvalue weighted by molar-refractivity contribution is 9.10. The molecule has 0 aliphatic heterocycles. The van der Waals surface area contributed by atoms with Crippen LogP contribution in [0.25, 0.3) is 0 Å². The fourth-order valence-corrected chi connectivity index (χ4v) is 3.81. The van der Waals surface area contributed by atoms with Crippen LogP contribution in [-0.4, -0.2) is 15.0 Å². The SMILES string of the molecule is CCOc1ccc(OS(=O)(=O)c2ccc(C)cc2Br)cc1. The predicted octanol–water partition coefficient (Wildman–Crippen LogP) is 3.92. The molecule has 0 atom stereocenters. The van der Waals surface area contributed by atoms with Crippen LogP contribution in [0.1, 0.15) is 12.5 Å². The molecule has 0 radical (unpaired) electrons. The molecule has 2 aromatic carbocycles. The van der Waals surface area contributed by atoms with E-state index in [1.165, 1.54) is 6.07 Å². The van der Waals surface area contributed by atoms with Crippen molar-refractivity contribution in [2.75, 3.05) is 6.61 Å². The molecule has 112 valence electrons. The van der Waals surface area contributed by atoms with Crippen LogP contribution in [0.4, 0.5) is 0 Å². The minimum absolute atomic E-state index is 0.0991. The first-order valence-electron chi connectivity index (χ1n) is 6.36.